The van der Waals surface area contributed by atoms with Crippen molar-refractivity contribution in [2.45, 2.75) is 32.0 Å². The van der Waals surface area contributed by atoms with Crippen molar-refractivity contribution in [3.63, 3.8) is 0 Å². The minimum absolute atomic E-state index is 0.0609. The number of likely N-dealkylation sites (N-methyl/N-ethyl adjacent to an activating group) is 1. The molecule has 11 nitrogen and oxygen atoms in total. The highest BCUT2D eigenvalue weighted by Crippen LogP contribution is 2.38. The highest BCUT2D eigenvalue weighted by atomic mass is 19.4. The Morgan fingerprint density at radius 1 is 1.18 bits per heavy atom. The molecular formula is C24H29F3N8O3. The molecule has 0 radical (unpaired) electrons. The molecule has 5 rings (SSSR count). The Morgan fingerprint density at radius 2 is 1.95 bits per heavy atom. The second-order valence-corrected chi connectivity index (χ2v) is 9.32. The predicted molar refractivity (Wildman–Crippen MR) is 133 cm³/mol. The van der Waals surface area contributed by atoms with E-state index < -0.39 is 18.3 Å². The summed E-state index contributed by atoms with van der Waals surface area (Å²) in [4.78, 5) is 13.2. The average molecular weight is 535 g/mol. The first-order valence-corrected chi connectivity index (χ1v) is 12.2. The van der Waals surface area contributed by atoms with E-state index in [-0.39, 0.29) is 24.8 Å². The molecule has 0 spiro atoms. The third-order valence-electron chi connectivity index (χ3n) is 6.71. The second kappa shape index (κ2) is 10.4. The van der Waals surface area contributed by atoms with Crippen molar-refractivity contribution in [1.29, 1.82) is 0 Å². The molecule has 2 aromatic heterocycles. The molecule has 0 bridgehead atoms. The summed E-state index contributed by atoms with van der Waals surface area (Å²) in [5.74, 6) is -0.345. The Kier molecular flexibility index (Phi) is 7.13. The van der Waals surface area contributed by atoms with Crippen LogP contribution < -0.4 is 20.7 Å². The number of nitrogens with two attached hydrogens (primary N) is 1. The van der Waals surface area contributed by atoms with Gasteiger partial charge < -0.3 is 35.8 Å². The minimum atomic E-state index is -4.88. The van der Waals surface area contributed by atoms with Gasteiger partial charge in [0.05, 0.1) is 30.2 Å². The number of hydrogen-bond acceptors (Lipinski definition) is 10. The number of aliphatic hydroxyl groups is 2. The molecule has 5 N–H and O–H groups in total. The maximum atomic E-state index is 13.2. The van der Waals surface area contributed by atoms with Crippen LogP contribution in [-0.4, -0.2) is 81.1 Å². The average Bonchev–Trinajstić information content (AvgIpc) is 3.24. The summed E-state index contributed by atoms with van der Waals surface area (Å²) in [5.41, 5.74) is 9.43. The van der Waals surface area contributed by atoms with E-state index in [4.69, 9.17) is 5.73 Å². The molecule has 1 aromatic carbocycles. The topological polar surface area (TPSA) is 138 Å². The summed E-state index contributed by atoms with van der Waals surface area (Å²) in [6, 6.07) is 4.48. The standard InChI is InChI=1S/C24H29F3N8O3/c1-33-6-8-34(9-7-33)15-3-5-18(38-24(25,26)27)17(12-15)30-23-29-13-14-2-4-16-20(22(28)37)32-35(10-11-36)21(16)19(14)31-23/h3,5,12-13,22,36-37H,2,4,6-11,28H2,1H3,(H,29,30,31). The number of alkyl halides is 3. The fourth-order valence-corrected chi connectivity index (χ4v) is 4.85. The lowest BCUT2D eigenvalue weighted by atomic mass is 9.93. The summed E-state index contributed by atoms with van der Waals surface area (Å²) < 4.78 is 45.3. The minimum Gasteiger partial charge on any atom is -0.404 e. The summed E-state index contributed by atoms with van der Waals surface area (Å²) >= 11 is 0. The molecule has 1 saturated heterocycles. The van der Waals surface area contributed by atoms with Gasteiger partial charge in [0.25, 0.3) is 0 Å². The number of benzene rings is 1. The van der Waals surface area contributed by atoms with Crippen LogP contribution in [0.15, 0.2) is 24.4 Å². The number of nitrogens with zero attached hydrogens (tertiary/aromatic N) is 6. The molecule has 1 aliphatic heterocycles. The molecule has 2 aliphatic rings. The first-order chi connectivity index (χ1) is 18.1. The number of aryl methyl sites for hydroxylation is 1. The van der Waals surface area contributed by atoms with Crippen molar-refractivity contribution in [3.8, 4) is 17.1 Å². The lowest BCUT2D eigenvalue weighted by Gasteiger charge is -2.34. The van der Waals surface area contributed by atoms with E-state index >= 15 is 0 Å². The van der Waals surface area contributed by atoms with Crippen LogP contribution in [0.1, 0.15) is 23.0 Å². The first kappa shape index (κ1) is 26.2. The number of nitrogens with one attached hydrogen (secondary N) is 1. The zero-order valence-electron chi connectivity index (χ0n) is 20.7. The smallest absolute Gasteiger partial charge is 0.404 e. The fourth-order valence-electron chi connectivity index (χ4n) is 4.85. The van der Waals surface area contributed by atoms with E-state index in [0.717, 1.165) is 37.4 Å². The van der Waals surface area contributed by atoms with E-state index in [1.165, 1.54) is 10.7 Å². The van der Waals surface area contributed by atoms with Gasteiger partial charge in [-0.3, -0.25) is 4.68 Å². The van der Waals surface area contributed by atoms with Gasteiger partial charge in [-0.1, -0.05) is 0 Å². The van der Waals surface area contributed by atoms with Crippen molar-refractivity contribution >= 4 is 17.3 Å². The van der Waals surface area contributed by atoms with Gasteiger partial charge in [-0.25, -0.2) is 9.97 Å². The SMILES string of the molecule is CN1CCN(c2ccc(OC(F)(F)F)c(Nc3ncc4c(n3)-c3c(c(C(N)O)nn3CCO)CC4)c2)CC1. The van der Waals surface area contributed by atoms with Crippen LogP contribution in [0.2, 0.25) is 0 Å². The van der Waals surface area contributed by atoms with Crippen LogP contribution in [0.4, 0.5) is 30.5 Å². The van der Waals surface area contributed by atoms with Crippen LogP contribution in [-0.2, 0) is 19.4 Å². The van der Waals surface area contributed by atoms with Gasteiger partial charge in [-0.05, 0) is 43.7 Å². The number of rotatable bonds is 7. The third kappa shape index (κ3) is 5.38. The molecular weight excluding hydrogens is 505 g/mol. The zero-order valence-corrected chi connectivity index (χ0v) is 20.7. The lowest BCUT2D eigenvalue weighted by Crippen LogP contribution is -2.44. The van der Waals surface area contributed by atoms with Gasteiger partial charge in [0.15, 0.2) is 5.75 Å². The molecule has 1 unspecified atom stereocenters. The summed E-state index contributed by atoms with van der Waals surface area (Å²) in [6.45, 7) is 3.09. The largest absolute Gasteiger partial charge is 0.573 e. The van der Waals surface area contributed by atoms with E-state index in [2.05, 4.69) is 34.9 Å². The molecule has 14 heteroatoms. The Balaban J connectivity index is 1.52. The highest BCUT2D eigenvalue weighted by Gasteiger charge is 2.33. The summed E-state index contributed by atoms with van der Waals surface area (Å²) in [7, 11) is 2.02. The van der Waals surface area contributed by atoms with Crippen molar-refractivity contribution in [2.24, 2.45) is 5.73 Å². The number of fused-ring (bicyclic) bond motifs is 3. The van der Waals surface area contributed by atoms with Gasteiger partial charge >= 0.3 is 6.36 Å². The normalized spacial score (nSPS) is 16.7. The van der Waals surface area contributed by atoms with Crippen LogP contribution >= 0.6 is 0 Å². The molecule has 1 fully saturated rings. The molecule has 3 aromatic rings. The van der Waals surface area contributed by atoms with Crippen LogP contribution in [0.3, 0.4) is 0 Å². The van der Waals surface area contributed by atoms with Crippen molar-refractivity contribution in [2.75, 3.05) is 50.1 Å². The van der Waals surface area contributed by atoms with E-state index in [1.54, 1.807) is 18.3 Å². The monoisotopic (exact) mass is 534 g/mol. The number of hydrogen-bond donors (Lipinski definition) is 4. The van der Waals surface area contributed by atoms with Crippen LogP contribution in [0.5, 0.6) is 5.75 Å². The van der Waals surface area contributed by atoms with E-state index in [9.17, 15) is 23.4 Å². The lowest BCUT2D eigenvalue weighted by molar-refractivity contribution is -0.274. The van der Waals surface area contributed by atoms with E-state index in [1.807, 2.05) is 7.05 Å². The second-order valence-electron chi connectivity index (χ2n) is 9.32. The summed E-state index contributed by atoms with van der Waals surface area (Å²) in [5, 5.41) is 26.8. The maximum Gasteiger partial charge on any atom is 0.573 e. The number of aromatic nitrogens is 4. The molecule has 204 valence electrons. The van der Waals surface area contributed by atoms with Crippen molar-refractivity contribution in [3.05, 3.63) is 41.2 Å². The Bertz CT molecular complexity index is 1310. The molecule has 3 heterocycles. The molecule has 0 saturated carbocycles. The molecule has 0 amide bonds. The number of ether oxygens (including phenoxy) is 1. The number of halogens is 3. The Hall–Kier alpha value is -3.46. The van der Waals surface area contributed by atoms with Gasteiger partial charge in [-0.15, -0.1) is 13.2 Å². The third-order valence-corrected chi connectivity index (χ3v) is 6.71. The van der Waals surface area contributed by atoms with Gasteiger partial charge in [0.2, 0.25) is 5.95 Å². The number of aliphatic hydroxyl groups excluding tert-OH is 2. The first-order valence-electron chi connectivity index (χ1n) is 12.2. The molecule has 38 heavy (non-hydrogen) atoms. The fraction of sp³-hybridized carbons (Fsp3) is 0.458. The Labute approximate surface area is 216 Å². The highest BCUT2D eigenvalue weighted by molar-refractivity contribution is 5.72. The molecule has 1 atom stereocenters. The quantitative estimate of drug-likeness (QED) is 0.332. The van der Waals surface area contributed by atoms with Crippen molar-refractivity contribution < 1.29 is 28.1 Å². The van der Waals surface area contributed by atoms with E-state index in [0.29, 0.717) is 35.5 Å². The van der Waals surface area contributed by atoms with Crippen LogP contribution in [0.25, 0.3) is 11.4 Å². The van der Waals surface area contributed by atoms with Crippen molar-refractivity contribution in [1.82, 2.24) is 24.6 Å². The molecule has 1 aliphatic carbocycles. The maximum absolute atomic E-state index is 13.2. The Morgan fingerprint density at radius 3 is 2.63 bits per heavy atom. The number of piperazine rings is 1. The zero-order chi connectivity index (χ0) is 27.0. The predicted octanol–water partition coefficient (Wildman–Crippen LogP) is 1.77. The van der Waals surface area contributed by atoms with Gasteiger partial charge in [-0.2, -0.15) is 5.10 Å². The van der Waals surface area contributed by atoms with Gasteiger partial charge in [0, 0.05) is 43.6 Å². The van der Waals surface area contributed by atoms with Crippen LogP contribution in [0, 0.1) is 0 Å². The summed E-state index contributed by atoms with van der Waals surface area (Å²) in [6.07, 6.45) is -3.47. The van der Waals surface area contributed by atoms with Gasteiger partial charge in [0.1, 0.15) is 11.9 Å². The number of anilines is 3.